The van der Waals surface area contributed by atoms with Crippen LogP contribution in [-0.2, 0) is 21.3 Å². The fraction of sp³-hybridized carbons (Fsp3) is 0.692. The summed E-state index contributed by atoms with van der Waals surface area (Å²) in [5.41, 5.74) is 0.766. The molecule has 1 rings (SSSR count). The standard InChI is InChI=1S/C13H22N2O3S/c1-4-12(5-2)15-7-6-11(14-15)9-19(18)10(3)8-13(16)17/h6-7,10,12H,4-5,8-9H2,1-3H3,(H,16,17). The van der Waals surface area contributed by atoms with Gasteiger partial charge < -0.3 is 5.11 Å². The second kappa shape index (κ2) is 7.43. The molecule has 0 saturated carbocycles. The van der Waals surface area contributed by atoms with E-state index in [2.05, 4.69) is 18.9 Å². The Morgan fingerprint density at radius 3 is 2.63 bits per heavy atom. The molecule has 2 atom stereocenters. The molecule has 0 bridgehead atoms. The van der Waals surface area contributed by atoms with Crippen LogP contribution in [0.25, 0.3) is 0 Å². The molecule has 0 aliphatic carbocycles. The minimum atomic E-state index is -1.20. The van der Waals surface area contributed by atoms with Crippen molar-refractivity contribution in [1.82, 2.24) is 9.78 Å². The first kappa shape index (κ1) is 15.9. The first-order valence-corrected chi connectivity index (χ1v) is 7.99. The average Bonchev–Trinajstić information content (AvgIpc) is 2.78. The Balaban J connectivity index is 2.63. The molecule has 1 aromatic heterocycles. The first-order chi connectivity index (χ1) is 8.97. The highest BCUT2D eigenvalue weighted by atomic mass is 32.2. The van der Waals surface area contributed by atoms with Crippen LogP contribution in [0.2, 0.25) is 0 Å². The van der Waals surface area contributed by atoms with Gasteiger partial charge in [-0.3, -0.25) is 13.7 Å². The summed E-state index contributed by atoms with van der Waals surface area (Å²) in [6, 6.07) is 2.24. The van der Waals surface area contributed by atoms with Crippen LogP contribution in [-0.4, -0.2) is 30.3 Å². The molecule has 0 aliphatic rings. The minimum Gasteiger partial charge on any atom is -0.481 e. The molecule has 0 amide bonds. The van der Waals surface area contributed by atoms with Crippen molar-refractivity contribution < 1.29 is 14.1 Å². The molecule has 6 heteroatoms. The van der Waals surface area contributed by atoms with Gasteiger partial charge in [0.1, 0.15) is 0 Å². The number of aromatic nitrogens is 2. The van der Waals surface area contributed by atoms with Crippen LogP contribution in [0.1, 0.15) is 51.8 Å². The summed E-state index contributed by atoms with van der Waals surface area (Å²) in [5.74, 6) is -0.592. The Morgan fingerprint density at radius 2 is 2.11 bits per heavy atom. The van der Waals surface area contributed by atoms with E-state index in [1.807, 2.05) is 16.9 Å². The molecule has 0 aliphatic heterocycles. The molecule has 0 aromatic carbocycles. The van der Waals surface area contributed by atoms with Crippen LogP contribution in [0.3, 0.4) is 0 Å². The molecule has 0 saturated heterocycles. The largest absolute Gasteiger partial charge is 0.481 e. The van der Waals surface area contributed by atoms with E-state index in [4.69, 9.17) is 5.11 Å². The van der Waals surface area contributed by atoms with Crippen molar-refractivity contribution in [2.45, 2.75) is 57.1 Å². The average molecular weight is 286 g/mol. The maximum Gasteiger partial charge on any atom is 0.304 e. The maximum atomic E-state index is 12.0. The molecule has 108 valence electrons. The zero-order chi connectivity index (χ0) is 14.4. The number of nitrogens with zero attached hydrogens (tertiary/aromatic N) is 2. The van der Waals surface area contributed by atoms with Gasteiger partial charge in [0.15, 0.2) is 0 Å². The lowest BCUT2D eigenvalue weighted by atomic mass is 10.2. The van der Waals surface area contributed by atoms with E-state index in [9.17, 15) is 9.00 Å². The van der Waals surface area contributed by atoms with E-state index < -0.39 is 16.8 Å². The molecule has 2 unspecified atom stereocenters. The molecule has 0 radical (unpaired) electrons. The highest BCUT2D eigenvalue weighted by molar-refractivity contribution is 7.84. The molecule has 5 nitrogen and oxygen atoms in total. The van der Waals surface area contributed by atoms with Crippen LogP contribution in [0, 0.1) is 0 Å². The lowest BCUT2D eigenvalue weighted by Crippen LogP contribution is -2.17. The monoisotopic (exact) mass is 286 g/mol. The van der Waals surface area contributed by atoms with Crippen molar-refractivity contribution in [1.29, 1.82) is 0 Å². The van der Waals surface area contributed by atoms with Crippen LogP contribution in [0.4, 0.5) is 0 Å². The summed E-state index contributed by atoms with van der Waals surface area (Å²) in [5, 5.41) is 12.8. The van der Waals surface area contributed by atoms with Crippen LogP contribution < -0.4 is 0 Å². The Morgan fingerprint density at radius 1 is 1.47 bits per heavy atom. The zero-order valence-corrected chi connectivity index (χ0v) is 12.5. The van der Waals surface area contributed by atoms with Crippen molar-refractivity contribution in [2.24, 2.45) is 0 Å². The van der Waals surface area contributed by atoms with Gasteiger partial charge in [-0.15, -0.1) is 0 Å². The van der Waals surface area contributed by atoms with Crippen molar-refractivity contribution >= 4 is 16.8 Å². The summed E-state index contributed by atoms with van der Waals surface area (Å²) < 4.78 is 13.9. The third-order valence-corrected chi connectivity index (χ3v) is 4.83. The van der Waals surface area contributed by atoms with E-state index >= 15 is 0 Å². The van der Waals surface area contributed by atoms with Gasteiger partial charge in [-0.25, -0.2) is 0 Å². The number of carbonyl (C=O) groups is 1. The summed E-state index contributed by atoms with van der Waals surface area (Å²) >= 11 is 0. The topological polar surface area (TPSA) is 72.2 Å². The van der Waals surface area contributed by atoms with Crippen LogP contribution in [0.15, 0.2) is 12.3 Å². The van der Waals surface area contributed by atoms with Gasteiger partial charge in [0.25, 0.3) is 0 Å². The van der Waals surface area contributed by atoms with E-state index in [1.54, 1.807) is 6.92 Å². The predicted molar refractivity (Wildman–Crippen MR) is 75.4 cm³/mol. The molecule has 1 heterocycles. The predicted octanol–water partition coefficient (Wildman–Crippen LogP) is 2.36. The number of hydrogen-bond acceptors (Lipinski definition) is 3. The lowest BCUT2D eigenvalue weighted by molar-refractivity contribution is -0.136. The fourth-order valence-corrected chi connectivity index (χ4v) is 3.01. The fourth-order valence-electron chi connectivity index (χ4n) is 1.95. The van der Waals surface area contributed by atoms with Crippen LogP contribution >= 0.6 is 0 Å². The van der Waals surface area contributed by atoms with Gasteiger partial charge in [0.2, 0.25) is 0 Å². The van der Waals surface area contributed by atoms with Crippen molar-refractivity contribution in [3.8, 4) is 0 Å². The molecule has 1 aromatic rings. The van der Waals surface area contributed by atoms with Gasteiger partial charge in [-0.1, -0.05) is 20.8 Å². The molecule has 19 heavy (non-hydrogen) atoms. The second-order valence-electron chi connectivity index (χ2n) is 4.69. The van der Waals surface area contributed by atoms with Gasteiger partial charge in [-0.05, 0) is 18.9 Å². The van der Waals surface area contributed by atoms with Crippen molar-refractivity contribution in [3.05, 3.63) is 18.0 Å². The smallest absolute Gasteiger partial charge is 0.304 e. The van der Waals surface area contributed by atoms with Gasteiger partial charge in [-0.2, -0.15) is 5.10 Å². The molecular weight excluding hydrogens is 264 g/mol. The Hall–Kier alpha value is -1.17. The number of aliphatic carboxylic acids is 1. The third-order valence-electron chi connectivity index (χ3n) is 3.18. The summed E-state index contributed by atoms with van der Waals surface area (Å²) in [6.07, 6.45) is 3.86. The molecule has 0 spiro atoms. The second-order valence-corrected chi connectivity index (χ2v) is 6.55. The first-order valence-electron chi connectivity index (χ1n) is 6.60. The Bertz CT molecular complexity index is 441. The SMILES string of the molecule is CCC(CC)n1ccc(CS(=O)C(C)CC(=O)O)n1. The third kappa shape index (κ3) is 4.78. The number of carboxylic acid groups (broad SMARTS) is 1. The van der Waals surface area contributed by atoms with E-state index in [0.29, 0.717) is 11.8 Å². The van der Waals surface area contributed by atoms with Gasteiger partial charge in [0, 0.05) is 22.2 Å². The Kier molecular flexibility index (Phi) is 6.21. The highest BCUT2D eigenvalue weighted by Gasteiger charge is 2.17. The van der Waals surface area contributed by atoms with Crippen molar-refractivity contribution in [3.63, 3.8) is 0 Å². The van der Waals surface area contributed by atoms with Crippen molar-refractivity contribution in [2.75, 3.05) is 0 Å². The highest BCUT2D eigenvalue weighted by Crippen LogP contribution is 2.15. The van der Waals surface area contributed by atoms with Gasteiger partial charge >= 0.3 is 5.97 Å². The molecular formula is C13H22N2O3S. The summed E-state index contributed by atoms with van der Waals surface area (Å²) in [6.45, 7) is 5.92. The number of carboxylic acids is 1. The quantitative estimate of drug-likeness (QED) is 0.796. The van der Waals surface area contributed by atoms with Crippen LogP contribution in [0.5, 0.6) is 0 Å². The van der Waals surface area contributed by atoms with E-state index in [1.165, 1.54) is 0 Å². The molecule has 0 fully saturated rings. The normalized spacial score (nSPS) is 14.5. The maximum absolute atomic E-state index is 12.0. The zero-order valence-electron chi connectivity index (χ0n) is 11.7. The minimum absolute atomic E-state index is 0.0696. The number of rotatable bonds is 8. The lowest BCUT2D eigenvalue weighted by Gasteiger charge is -2.12. The summed E-state index contributed by atoms with van der Waals surface area (Å²) in [7, 11) is -1.20. The number of hydrogen-bond donors (Lipinski definition) is 1. The Labute approximate surface area is 116 Å². The molecule has 1 N–H and O–H groups in total. The van der Waals surface area contributed by atoms with E-state index in [-0.39, 0.29) is 11.7 Å². The summed E-state index contributed by atoms with van der Waals surface area (Å²) in [4.78, 5) is 10.6. The van der Waals surface area contributed by atoms with E-state index in [0.717, 1.165) is 18.5 Å². The van der Waals surface area contributed by atoms with Gasteiger partial charge in [0.05, 0.1) is 23.9 Å².